The van der Waals surface area contributed by atoms with E-state index in [0.29, 0.717) is 0 Å². The molecule has 0 saturated heterocycles. The van der Waals surface area contributed by atoms with Gasteiger partial charge in [-0.1, -0.05) is 0 Å². The maximum Gasteiger partial charge on any atom is 0.0969 e. The van der Waals surface area contributed by atoms with Crippen LogP contribution in [0, 0.1) is 0 Å². The molecule has 2 nitrogen and oxygen atoms in total. The van der Waals surface area contributed by atoms with Crippen molar-refractivity contribution in [1.29, 1.82) is 0 Å². The molecule has 0 aromatic heterocycles. The fourth-order valence-corrected chi connectivity index (χ4v) is 0.782. The maximum absolute atomic E-state index is 2.27. The third-order valence-corrected chi connectivity index (χ3v) is 1.47. The molecule has 0 amide bonds. The first-order chi connectivity index (χ1) is 5.21. The van der Waals surface area contributed by atoms with E-state index in [1.165, 1.54) is 0 Å². The Bertz CT molecular complexity index is 136. The molecule has 4 heteroatoms. The summed E-state index contributed by atoms with van der Waals surface area (Å²) in [7, 11) is 13.2. The van der Waals surface area contributed by atoms with Gasteiger partial charge in [0.05, 0.1) is 55.4 Å². The minimum Gasteiger partial charge on any atom is -1.00 e. The van der Waals surface area contributed by atoms with Crippen LogP contribution in [0.2, 0.25) is 0 Å². The lowest BCUT2D eigenvalue weighted by atomic mass is 10.4. The Balaban J connectivity index is -0.000000605. The molecule has 0 spiro atoms. The van der Waals surface area contributed by atoms with Gasteiger partial charge in [0.2, 0.25) is 0 Å². The molecule has 0 atom stereocenters. The maximum atomic E-state index is 2.27. The van der Waals surface area contributed by atoms with Gasteiger partial charge in [-0.2, -0.15) is 0 Å². The van der Waals surface area contributed by atoms with E-state index in [4.69, 9.17) is 0 Å². The SMILES string of the molecule is C[N+](C)(C)CC=CC[N+](C)(C)C.[Cl-].[Cl-]. The van der Waals surface area contributed by atoms with Gasteiger partial charge in [-0.3, -0.25) is 0 Å². The molecular weight excluding hydrogens is 219 g/mol. The average Bonchev–Trinajstić information content (AvgIpc) is 1.76. The Morgan fingerprint density at radius 1 is 0.643 bits per heavy atom. The minimum atomic E-state index is 0. The van der Waals surface area contributed by atoms with Crippen LogP contribution in [0.3, 0.4) is 0 Å². The highest BCUT2D eigenvalue weighted by Crippen LogP contribution is 1.93. The molecule has 0 aromatic carbocycles. The number of hydrogen-bond donors (Lipinski definition) is 0. The summed E-state index contributed by atoms with van der Waals surface area (Å²) in [5.41, 5.74) is 0. The van der Waals surface area contributed by atoms with Crippen molar-refractivity contribution in [2.24, 2.45) is 0 Å². The van der Waals surface area contributed by atoms with Crippen LogP contribution >= 0.6 is 0 Å². The molecule has 0 aliphatic carbocycles. The first-order valence-electron chi connectivity index (χ1n) is 4.47. The van der Waals surface area contributed by atoms with Crippen LogP contribution in [0.5, 0.6) is 0 Å². The summed E-state index contributed by atoms with van der Waals surface area (Å²) < 4.78 is 2.02. The smallest absolute Gasteiger partial charge is 0.0969 e. The summed E-state index contributed by atoms with van der Waals surface area (Å²) in [5.74, 6) is 0. The van der Waals surface area contributed by atoms with Gasteiger partial charge in [0.25, 0.3) is 0 Å². The Kier molecular flexibility index (Phi) is 10.6. The van der Waals surface area contributed by atoms with Gasteiger partial charge < -0.3 is 33.8 Å². The average molecular weight is 243 g/mol. The molecule has 0 N–H and O–H groups in total. The van der Waals surface area contributed by atoms with Gasteiger partial charge in [-0.25, -0.2) is 0 Å². The quantitative estimate of drug-likeness (QED) is 0.342. The highest BCUT2D eigenvalue weighted by molar-refractivity contribution is 4.80. The summed E-state index contributed by atoms with van der Waals surface area (Å²) in [5, 5.41) is 0. The van der Waals surface area contributed by atoms with E-state index in [-0.39, 0.29) is 24.8 Å². The Morgan fingerprint density at radius 2 is 0.857 bits per heavy atom. The lowest BCUT2D eigenvalue weighted by molar-refractivity contribution is -0.866. The van der Waals surface area contributed by atoms with Crippen LogP contribution < -0.4 is 24.8 Å². The van der Waals surface area contributed by atoms with Gasteiger partial charge in [0.1, 0.15) is 0 Å². The van der Waals surface area contributed by atoms with Crippen molar-refractivity contribution >= 4 is 0 Å². The highest BCUT2D eigenvalue weighted by atomic mass is 35.5. The van der Waals surface area contributed by atoms with Crippen LogP contribution in [0.25, 0.3) is 0 Å². The van der Waals surface area contributed by atoms with Gasteiger partial charge in [-0.15, -0.1) is 0 Å². The first kappa shape index (κ1) is 19.8. The number of quaternary nitrogens is 2. The zero-order valence-electron chi connectivity index (χ0n) is 10.2. The third-order valence-electron chi connectivity index (χ3n) is 1.47. The third kappa shape index (κ3) is 18.1. The lowest BCUT2D eigenvalue weighted by Gasteiger charge is -2.23. The van der Waals surface area contributed by atoms with E-state index >= 15 is 0 Å². The summed E-state index contributed by atoms with van der Waals surface area (Å²) in [6.45, 7) is 2.22. The monoisotopic (exact) mass is 242 g/mol. The number of likely N-dealkylation sites (N-methyl/N-ethyl adjacent to an activating group) is 2. The molecule has 88 valence electrons. The van der Waals surface area contributed by atoms with E-state index < -0.39 is 0 Å². The van der Waals surface area contributed by atoms with Crippen LogP contribution in [0.4, 0.5) is 0 Å². The summed E-state index contributed by atoms with van der Waals surface area (Å²) in [6.07, 6.45) is 4.53. The fraction of sp³-hybridized carbons (Fsp3) is 0.800. The van der Waals surface area contributed by atoms with E-state index in [1.807, 2.05) is 0 Å². The number of halogens is 2. The summed E-state index contributed by atoms with van der Waals surface area (Å²) in [6, 6.07) is 0. The van der Waals surface area contributed by atoms with E-state index in [9.17, 15) is 0 Å². The van der Waals surface area contributed by atoms with Crippen molar-refractivity contribution in [3.8, 4) is 0 Å². The molecule has 0 aliphatic rings. The van der Waals surface area contributed by atoms with Crippen molar-refractivity contribution in [3.05, 3.63) is 12.2 Å². The molecule has 0 saturated carbocycles. The Morgan fingerprint density at radius 3 is 1.00 bits per heavy atom. The molecule has 0 heterocycles. The molecule has 14 heavy (non-hydrogen) atoms. The molecule has 0 rings (SSSR count). The molecule has 0 fully saturated rings. The van der Waals surface area contributed by atoms with Crippen molar-refractivity contribution < 1.29 is 33.8 Å². The minimum absolute atomic E-state index is 0. The van der Waals surface area contributed by atoms with E-state index in [0.717, 1.165) is 22.1 Å². The topological polar surface area (TPSA) is 0 Å². The largest absolute Gasteiger partial charge is 1.00 e. The zero-order chi connectivity index (χ0) is 9.83. The number of hydrogen-bond acceptors (Lipinski definition) is 0. The van der Waals surface area contributed by atoms with Crippen molar-refractivity contribution in [2.75, 3.05) is 55.4 Å². The van der Waals surface area contributed by atoms with Crippen molar-refractivity contribution in [2.45, 2.75) is 0 Å². The standard InChI is InChI=1S/C10H24N2.2ClH/c1-11(2,3)9-7-8-10-12(4,5)6;;/h7-8H,9-10H2,1-6H3;2*1H/q+2;;/p-2. The Labute approximate surface area is 102 Å². The second-order valence-corrected chi connectivity index (χ2v) is 5.42. The second kappa shape index (κ2) is 7.52. The van der Waals surface area contributed by atoms with Gasteiger partial charge in [-0.05, 0) is 12.2 Å². The van der Waals surface area contributed by atoms with Gasteiger partial charge in [0, 0.05) is 0 Å². The van der Waals surface area contributed by atoms with Crippen LogP contribution in [-0.2, 0) is 0 Å². The normalized spacial score (nSPS) is 12.1. The Hall–Kier alpha value is 0.240. The van der Waals surface area contributed by atoms with Crippen LogP contribution in [-0.4, -0.2) is 64.3 Å². The first-order valence-corrected chi connectivity index (χ1v) is 4.47. The molecule has 0 aliphatic heterocycles. The van der Waals surface area contributed by atoms with Crippen molar-refractivity contribution in [1.82, 2.24) is 0 Å². The molecule has 0 aromatic rings. The molecule has 0 radical (unpaired) electrons. The van der Waals surface area contributed by atoms with E-state index in [1.54, 1.807) is 0 Å². The predicted molar refractivity (Wildman–Crippen MR) is 54.9 cm³/mol. The van der Waals surface area contributed by atoms with E-state index in [2.05, 4.69) is 54.4 Å². The summed E-state index contributed by atoms with van der Waals surface area (Å²) in [4.78, 5) is 0. The lowest BCUT2D eigenvalue weighted by Crippen LogP contribution is -3.00. The highest BCUT2D eigenvalue weighted by Gasteiger charge is 2.04. The van der Waals surface area contributed by atoms with Gasteiger partial charge >= 0.3 is 0 Å². The fourth-order valence-electron chi connectivity index (χ4n) is 0.782. The number of rotatable bonds is 4. The predicted octanol–water partition coefficient (Wildman–Crippen LogP) is -5.04. The molecule has 0 bridgehead atoms. The zero-order valence-corrected chi connectivity index (χ0v) is 11.7. The van der Waals surface area contributed by atoms with Crippen molar-refractivity contribution in [3.63, 3.8) is 0 Å². The second-order valence-electron chi connectivity index (χ2n) is 5.42. The molecule has 0 unspecified atom stereocenters. The van der Waals surface area contributed by atoms with Crippen LogP contribution in [0.15, 0.2) is 12.2 Å². The molecular formula is C10H24Cl2N2. The van der Waals surface area contributed by atoms with Gasteiger partial charge in [0.15, 0.2) is 0 Å². The number of nitrogens with zero attached hydrogens (tertiary/aromatic N) is 2. The summed E-state index contributed by atoms with van der Waals surface area (Å²) >= 11 is 0. The van der Waals surface area contributed by atoms with Crippen LogP contribution in [0.1, 0.15) is 0 Å².